The van der Waals surface area contributed by atoms with Crippen molar-refractivity contribution in [3.63, 3.8) is 0 Å². The van der Waals surface area contributed by atoms with E-state index < -0.39 is 42.0 Å². The zero-order valence-electron chi connectivity index (χ0n) is 18.5. The Labute approximate surface area is 194 Å². The first-order valence-corrected chi connectivity index (χ1v) is 10.7. The van der Waals surface area contributed by atoms with E-state index in [9.17, 15) is 14.4 Å². The zero-order chi connectivity index (χ0) is 23.8. The number of benzene rings is 2. The molecule has 5 rings (SSSR count). The topological polar surface area (TPSA) is 116 Å². The largest absolute Gasteiger partial charge is 0.465 e. The second kappa shape index (κ2) is 8.77. The first-order valence-electron chi connectivity index (χ1n) is 10.7. The number of hydrogen-bond donors (Lipinski definition) is 0. The van der Waals surface area contributed by atoms with Crippen molar-refractivity contribution in [2.75, 3.05) is 20.2 Å². The second-order valence-electron chi connectivity index (χ2n) is 8.11. The van der Waals surface area contributed by atoms with Crippen LogP contribution in [0.4, 0.5) is 0 Å². The summed E-state index contributed by atoms with van der Waals surface area (Å²) in [6.07, 6.45) is -1.87. The van der Waals surface area contributed by atoms with Crippen LogP contribution >= 0.6 is 0 Å². The average Bonchev–Trinajstić information content (AvgIpc) is 3.54. The maximum Gasteiger partial charge on any atom is 0.313 e. The molecule has 1 saturated heterocycles. The Morgan fingerprint density at radius 3 is 1.82 bits per heavy atom. The summed E-state index contributed by atoms with van der Waals surface area (Å²) in [6, 6.07) is 10.2. The molecule has 0 aliphatic carbocycles. The lowest BCUT2D eigenvalue weighted by atomic mass is 9.80. The van der Waals surface area contributed by atoms with Crippen LogP contribution in [-0.2, 0) is 28.6 Å². The number of cyclic esters (lactones) is 1. The lowest BCUT2D eigenvalue weighted by Gasteiger charge is -2.30. The molecule has 0 amide bonds. The van der Waals surface area contributed by atoms with Crippen molar-refractivity contribution in [3.05, 3.63) is 47.5 Å². The van der Waals surface area contributed by atoms with Crippen LogP contribution in [0.15, 0.2) is 36.4 Å². The van der Waals surface area contributed by atoms with Gasteiger partial charge in [-0.05, 0) is 35.4 Å². The molecular weight excluding hydrogens is 448 g/mol. The van der Waals surface area contributed by atoms with Gasteiger partial charge in [0.25, 0.3) is 0 Å². The molecule has 4 atom stereocenters. The van der Waals surface area contributed by atoms with E-state index >= 15 is 0 Å². The molecule has 2 aromatic carbocycles. The molecular formula is C24H22O10. The van der Waals surface area contributed by atoms with Crippen molar-refractivity contribution in [1.29, 1.82) is 0 Å². The number of fused-ring (bicyclic) bond motifs is 2. The van der Waals surface area contributed by atoms with E-state index in [4.69, 9.17) is 33.2 Å². The van der Waals surface area contributed by atoms with E-state index in [2.05, 4.69) is 0 Å². The monoisotopic (exact) mass is 470 g/mol. The lowest BCUT2D eigenvalue weighted by Crippen LogP contribution is -2.32. The maximum atomic E-state index is 13.0. The third-order valence-corrected chi connectivity index (χ3v) is 5.90. The predicted molar refractivity (Wildman–Crippen MR) is 112 cm³/mol. The van der Waals surface area contributed by atoms with Crippen LogP contribution in [0.5, 0.6) is 23.0 Å². The van der Waals surface area contributed by atoms with Gasteiger partial charge >= 0.3 is 17.9 Å². The van der Waals surface area contributed by atoms with Crippen LogP contribution in [0.25, 0.3) is 0 Å². The van der Waals surface area contributed by atoms with E-state index in [0.717, 1.165) is 0 Å². The van der Waals surface area contributed by atoms with Gasteiger partial charge in [-0.25, -0.2) is 0 Å². The number of carbonyl (C=O) groups excluding carboxylic acids is 3. The maximum absolute atomic E-state index is 13.0. The Morgan fingerprint density at radius 2 is 1.26 bits per heavy atom. The van der Waals surface area contributed by atoms with Crippen molar-refractivity contribution in [1.82, 2.24) is 0 Å². The molecule has 3 aliphatic heterocycles. The Bertz CT molecular complexity index is 1140. The highest BCUT2D eigenvalue weighted by atomic mass is 16.7. The van der Waals surface area contributed by atoms with Crippen LogP contribution in [0.2, 0.25) is 0 Å². The summed E-state index contributed by atoms with van der Waals surface area (Å²) in [4.78, 5) is 37.0. The summed E-state index contributed by atoms with van der Waals surface area (Å²) in [6.45, 7) is 2.68. The summed E-state index contributed by atoms with van der Waals surface area (Å²) < 4.78 is 38.3. The van der Waals surface area contributed by atoms with E-state index in [-0.39, 0.29) is 20.2 Å². The molecule has 0 bridgehead atoms. The molecule has 0 radical (unpaired) electrons. The Balaban J connectivity index is 1.54. The zero-order valence-corrected chi connectivity index (χ0v) is 18.5. The van der Waals surface area contributed by atoms with E-state index in [1.54, 1.807) is 36.4 Å². The minimum Gasteiger partial charge on any atom is -0.465 e. The molecule has 2 aromatic rings. The number of carbonyl (C=O) groups is 3. The lowest BCUT2D eigenvalue weighted by molar-refractivity contribution is -0.160. The van der Waals surface area contributed by atoms with Gasteiger partial charge in [0, 0.05) is 13.8 Å². The quantitative estimate of drug-likeness (QED) is 0.461. The van der Waals surface area contributed by atoms with Gasteiger partial charge in [-0.3, -0.25) is 14.4 Å². The van der Waals surface area contributed by atoms with Crippen LogP contribution in [0, 0.1) is 11.8 Å². The standard InChI is InChI=1S/C24H22O10/c1-12(25)33-22(14-3-5-17-19(7-14)31-10-29-17)16-9-28-24(27)21(16)23(34-13(2)26)15-4-6-18-20(8-15)32-11-30-18/h3-8,16,21-23H,9-11H2,1-2H3/t16-,21-,22+,23+/m0/s1. The van der Waals surface area contributed by atoms with Crippen LogP contribution in [0.3, 0.4) is 0 Å². The third-order valence-electron chi connectivity index (χ3n) is 5.90. The van der Waals surface area contributed by atoms with Gasteiger partial charge in [0.2, 0.25) is 13.6 Å². The minimum atomic E-state index is -1.00. The van der Waals surface area contributed by atoms with Gasteiger partial charge in [-0.1, -0.05) is 12.1 Å². The summed E-state index contributed by atoms with van der Waals surface area (Å²) in [7, 11) is 0. The molecule has 0 aromatic heterocycles. The van der Waals surface area contributed by atoms with Crippen molar-refractivity contribution in [2.24, 2.45) is 11.8 Å². The molecule has 3 heterocycles. The van der Waals surface area contributed by atoms with Gasteiger partial charge in [-0.2, -0.15) is 0 Å². The van der Waals surface area contributed by atoms with E-state index in [1.807, 2.05) is 0 Å². The van der Waals surface area contributed by atoms with Crippen molar-refractivity contribution in [2.45, 2.75) is 26.1 Å². The first kappa shape index (κ1) is 21.9. The first-order chi connectivity index (χ1) is 16.4. The van der Waals surface area contributed by atoms with Gasteiger partial charge in [0.15, 0.2) is 23.0 Å². The molecule has 0 N–H and O–H groups in total. The van der Waals surface area contributed by atoms with Crippen molar-refractivity contribution in [3.8, 4) is 23.0 Å². The Kier molecular flexibility index (Phi) is 5.64. The molecule has 178 valence electrons. The predicted octanol–water partition coefficient (Wildman–Crippen LogP) is 2.84. The molecule has 34 heavy (non-hydrogen) atoms. The van der Waals surface area contributed by atoms with Gasteiger partial charge < -0.3 is 33.2 Å². The van der Waals surface area contributed by atoms with Crippen molar-refractivity contribution < 1.29 is 47.5 Å². The Hall–Kier alpha value is -3.95. The molecule has 0 saturated carbocycles. The highest BCUT2D eigenvalue weighted by Crippen LogP contribution is 2.47. The van der Waals surface area contributed by atoms with Gasteiger partial charge in [-0.15, -0.1) is 0 Å². The second-order valence-corrected chi connectivity index (χ2v) is 8.11. The number of rotatable bonds is 6. The number of hydrogen-bond acceptors (Lipinski definition) is 10. The summed E-state index contributed by atoms with van der Waals surface area (Å²) >= 11 is 0. The molecule has 10 heteroatoms. The SMILES string of the molecule is CC(=O)O[C@H](c1ccc2c(c1)OCO2)[C@H]1COC(=O)[C@@H]1[C@H](OC(C)=O)c1ccc2c(c1)OCO2. The van der Waals surface area contributed by atoms with Crippen LogP contribution in [0.1, 0.15) is 37.2 Å². The molecule has 1 fully saturated rings. The average molecular weight is 470 g/mol. The Morgan fingerprint density at radius 1 is 0.765 bits per heavy atom. The smallest absolute Gasteiger partial charge is 0.313 e. The van der Waals surface area contributed by atoms with Gasteiger partial charge in [0.05, 0.1) is 12.5 Å². The fourth-order valence-electron chi connectivity index (χ4n) is 4.47. The molecule has 10 nitrogen and oxygen atoms in total. The van der Waals surface area contributed by atoms with E-state index in [0.29, 0.717) is 34.1 Å². The third kappa shape index (κ3) is 4.07. The molecule has 3 aliphatic rings. The normalized spacial score (nSPS) is 21.5. The van der Waals surface area contributed by atoms with Gasteiger partial charge in [0.1, 0.15) is 18.1 Å². The number of ether oxygens (including phenoxy) is 7. The number of esters is 3. The van der Waals surface area contributed by atoms with Crippen LogP contribution < -0.4 is 18.9 Å². The fourth-order valence-corrected chi connectivity index (χ4v) is 4.47. The molecule has 0 unspecified atom stereocenters. The van der Waals surface area contributed by atoms with Crippen molar-refractivity contribution >= 4 is 17.9 Å². The van der Waals surface area contributed by atoms with E-state index in [1.165, 1.54) is 13.8 Å². The summed E-state index contributed by atoms with van der Waals surface area (Å²) in [5.74, 6) is -1.17. The highest BCUT2D eigenvalue weighted by Gasteiger charge is 2.50. The van der Waals surface area contributed by atoms with Crippen LogP contribution in [-0.4, -0.2) is 38.1 Å². The molecule has 0 spiro atoms. The summed E-state index contributed by atoms with van der Waals surface area (Å²) in [5.41, 5.74) is 1.13. The summed E-state index contributed by atoms with van der Waals surface area (Å²) in [5, 5.41) is 0. The highest BCUT2D eigenvalue weighted by molar-refractivity contribution is 5.77. The fraction of sp³-hybridized carbons (Fsp3) is 0.375. The minimum absolute atomic E-state index is 0.0296.